The Morgan fingerprint density at radius 1 is 1.21 bits per heavy atom. The summed E-state index contributed by atoms with van der Waals surface area (Å²) < 4.78 is 5.58. The van der Waals surface area contributed by atoms with Gasteiger partial charge in [0.05, 0.1) is 11.2 Å². The Morgan fingerprint density at radius 2 is 1.75 bits per heavy atom. The van der Waals surface area contributed by atoms with Crippen molar-refractivity contribution in [3.63, 3.8) is 0 Å². The second kappa shape index (κ2) is 8.12. The van der Waals surface area contributed by atoms with Crippen LogP contribution in [0, 0.1) is 0 Å². The molecular formula is C17H29BN2O4. The highest BCUT2D eigenvalue weighted by Gasteiger charge is 2.39. The van der Waals surface area contributed by atoms with Gasteiger partial charge in [-0.25, -0.2) is 0 Å². The predicted molar refractivity (Wildman–Crippen MR) is 96.4 cm³/mol. The van der Waals surface area contributed by atoms with E-state index in [0.29, 0.717) is 17.6 Å². The molecule has 0 radical (unpaired) electrons. The van der Waals surface area contributed by atoms with Gasteiger partial charge in [-0.3, -0.25) is 4.79 Å². The molecule has 0 atom stereocenters. The lowest BCUT2D eigenvalue weighted by molar-refractivity contribution is -0.0982. The summed E-state index contributed by atoms with van der Waals surface area (Å²) in [5, 5.41) is 23.1. The maximum Gasteiger partial charge on any atom is 0.491 e. The molecule has 0 saturated carbocycles. The molecule has 0 aliphatic rings. The van der Waals surface area contributed by atoms with Crippen LogP contribution in [-0.2, 0) is 4.65 Å². The average molecular weight is 336 g/mol. The molecule has 24 heavy (non-hydrogen) atoms. The number of carbonyl (C=O) groups excluding carboxylic acids is 1. The molecule has 7 heteroatoms. The van der Waals surface area contributed by atoms with Gasteiger partial charge in [-0.2, -0.15) is 0 Å². The average Bonchev–Trinajstić information content (AvgIpc) is 2.45. The van der Waals surface area contributed by atoms with Crippen molar-refractivity contribution in [2.75, 3.05) is 27.2 Å². The molecule has 0 bridgehead atoms. The Hall–Kier alpha value is -1.41. The first kappa shape index (κ1) is 20.6. The van der Waals surface area contributed by atoms with Crippen LogP contribution >= 0.6 is 0 Å². The lowest BCUT2D eigenvalue weighted by Crippen LogP contribution is -2.53. The zero-order chi connectivity index (χ0) is 18.5. The van der Waals surface area contributed by atoms with Crippen LogP contribution in [0.4, 0.5) is 0 Å². The number of hydrogen-bond acceptors (Lipinski definition) is 5. The van der Waals surface area contributed by atoms with E-state index in [9.17, 15) is 14.9 Å². The highest BCUT2D eigenvalue weighted by atomic mass is 16.5. The first-order chi connectivity index (χ1) is 10.9. The number of benzene rings is 1. The Labute approximate surface area is 145 Å². The van der Waals surface area contributed by atoms with Gasteiger partial charge in [0.2, 0.25) is 0 Å². The van der Waals surface area contributed by atoms with E-state index < -0.39 is 18.3 Å². The molecule has 0 fully saturated rings. The summed E-state index contributed by atoms with van der Waals surface area (Å²) in [6.45, 7) is 8.01. The van der Waals surface area contributed by atoms with E-state index >= 15 is 0 Å². The molecule has 0 aromatic heterocycles. The number of carbonyl (C=O) groups is 1. The van der Waals surface area contributed by atoms with Gasteiger partial charge in [0.15, 0.2) is 0 Å². The fraction of sp³-hybridized carbons (Fsp3) is 0.588. The molecule has 0 aliphatic heterocycles. The molecule has 0 heterocycles. The van der Waals surface area contributed by atoms with Crippen molar-refractivity contribution in [1.82, 2.24) is 10.2 Å². The van der Waals surface area contributed by atoms with E-state index in [0.717, 1.165) is 6.54 Å². The van der Waals surface area contributed by atoms with Crippen LogP contribution in [0.25, 0.3) is 0 Å². The van der Waals surface area contributed by atoms with Gasteiger partial charge in [0.1, 0.15) is 0 Å². The standard InChI is InChI=1S/C17H29BN2O4/c1-16(2,22)17(3,4)24-18(23)14-9-7-13(8-10-14)15(21)19-11-12-20(5)6/h7-10,22-23H,11-12H2,1-6H3,(H,19,21). The van der Waals surface area contributed by atoms with E-state index in [1.807, 2.05) is 19.0 Å². The Bertz CT molecular complexity index is 539. The fourth-order valence-electron chi connectivity index (χ4n) is 1.79. The largest absolute Gasteiger partial charge is 0.491 e. The SMILES string of the molecule is CN(C)CCNC(=O)c1ccc(B(O)OC(C)(C)C(C)(C)O)cc1. The second-order valence-corrected chi connectivity index (χ2v) is 7.22. The third-order valence-corrected chi connectivity index (χ3v) is 4.18. The van der Waals surface area contributed by atoms with Gasteiger partial charge >= 0.3 is 7.12 Å². The zero-order valence-corrected chi connectivity index (χ0v) is 15.5. The van der Waals surface area contributed by atoms with Crippen molar-refractivity contribution in [3.8, 4) is 0 Å². The minimum Gasteiger partial charge on any atom is -0.423 e. The van der Waals surface area contributed by atoms with Gasteiger partial charge < -0.3 is 25.0 Å². The van der Waals surface area contributed by atoms with E-state index in [1.54, 1.807) is 52.0 Å². The molecule has 0 aliphatic carbocycles. The molecular weight excluding hydrogens is 307 g/mol. The van der Waals surface area contributed by atoms with Crippen molar-refractivity contribution < 1.29 is 19.6 Å². The molecule has 1 rings (SSSR count). The van der Waals surface area contributed by atoms with Gasteiger partial charge in [-0.15, -0.1) is 0 Å². The number of likely N-dealkylation sites (N-methyl/N-ethyl adjacent to an activating group) is 1. The second-order valence-electron chi connectivity index (χ2n) is 7.22. The monoisotopic (exact) mass is 336 g/mol. The van der Waals surface area contributed by atoms with Crippen LogP contribution < -0.4 is 10.8 Å². The summed E-state index contributed by atoms with van der Waals surface area (Å²) in [4.78, 5) is 14.0. The molecule has 6 nitrogen and oxygen atoms in total. The molecule has 1 aromatic rings. The fourth-order valence-corrected chi connectivity index (χ4v) is 1.79. The number of aliphatic hydroxyl groups is 1. The minimum absolute atomic E-state index is 0.157. The van der Waals surface area contributed by atoms with Crippen LogP contribution in [0.15, 0.2) is 24.3 Å². The summed E-state index contributed by atoms with van der Waals surface area (Å²) in [5.74, 6) is -0.157. The van der Waals surface area contributed by atoms with Crippen LogP contribution in [0.2, 0.25) is 0 Å². The molecule has 134 valence electrons. The van der Waals surface area contributed by atoms with Gasteiger partial charge in [0, 0.05) is 18.7 Å². The molecule has 3 N–H and O–H groups in total. The van der Waals surface area contributed by atoms with Crippen molar-refractivity contribution >= 4 is 18.5 Å². The maximum absolute atomic E-state index is 12.0. The summed E-state index contributed by atoms with van der Waals surface area (Å²) in [7, 11) is 2.70. The number of rotatable bonds is 8. The lowest BCUT2D eigenvalue weighted by Gasteiger charge is -2.38. The molecule has 0 spiro atoms. The molecule has 1 aromatic carbocycles. The van der Waals surface area contributed by atoms with E-state index in [-0.39, 0.29) is 5.91 Å². The topological polar surface area (TPSA) is 82.0 Å². The van der Waals surface area contributed by atoms with Crippen LogP contribution in [-0.4, -0.2) is 66.4 Å². The Morgan fingerprint density at radius 3 is 2.21 bits per heavy atom. The Kier molecular flexibility index (Phi) is 6.98. The third-order valence-electron chi connectivity index (χ3n) is 4.18. The lowest BCUT2D eigenvalue weighted by atomic mass is 9.76. The summed E-state index contributed by atoms with van der Waals surface area (Å²) in [6.07, 6.45) is 0. The Balaban J connectivity index is 2.68. The van der Waals surface area contributed by atoms with Crippen molar-refractivity contribution in [2.24, 2.45) is 0 Å². The van der Waals surface area contributed by atoms with Crippen LogP contribution in [0.5, 0.6) is 0 Å². The quantitative estimate of drug-likeness (QED) is 0.592. The van der Waals surface area contributed by atoms with Crippen molar-refractivity contribution in [1.29, 1.82) is 0 Å². The molecule has 0 saturated heterocycles. The predicted octanol–water partition coefficient (Wildman–Crippen LogP) is 0.232. The van der Waals surface area contributed by atoms with Gasteiger partial charge in [-0.1, -0.05) is 12.1 Å². The van der Waals surface area contributed by atoms with E-state index in [1.165, 1.54) is 0 Å². The third kappa shape index (κ3) is 5.90. The van der Waals surface area contributed by atoms with E-state index in [4.69, 9.17) is 4.65 Å². The highest BCUT2D eigenvalue weighted by Crippen LogP contribution is 2.25. The number of amides is 1. The number of nitrogens with one attached hydrogen (secondary N) is 1. The maximum atomic E-state index is 12.0. The van der Waals surface area contributed by atoms with Gasteiger partial charge in [-0.05, 0) is 59.4 Å². The number of hydrogen-bond donors (Lipinski definition) is 3. The summed E-state index contributed by atoms with van der Waals surface area (Å²) in [6, 6.07) is 6.58. The smallest absolute Gasteiger partial charge is 0.423 e. The minimum atomic E-state index is -1.18. The van der Waals surface area contributed by atoms with Crippen molar-refractivity contribution in [3.05, 3.63) is 29.8 Å². The highest BCUT2D eigenvalue weighted by molar-refractivity contribution is 6.60. The normalized spacial score (nSPS) is 12.4. The van der Waals surface area contributed by atoms with Crippen LogP contribution in [0.3, 0.4) is 0 Å². The summed E-state index contributed by atoms with van der Waals surface area (Å²) >= 11 is 0. The van der Waals surface area contributed by atoms with Crippen molar-refractivity contribution in [2.45, 2.75) is 38.9 Å². The number of nitrogens with zero attached hydrogens (tertiary/aromatic N) is 1. The van der Waals surface area contributed by atoms with Gasteiger partial charge in [0.25, 0.3) is 5.91 Å². The van der Waals surface area contributed by atoms with E-state index in [2.05, 4.69) is 5.32 Å². The van der Waals surface area contributed by atoms with Crippen LogP contribution in [0.1, 0.15) is 38.1 Å². The molecule has 1 amide bonds. The zero-order valence-electron chi connectivity index (χ0n) is 15.5. The first-order valence-corrected chi connectivity index (χ1v) is 8.05. The molecule has 0 unspecified atom stereocenters. The first-order valence-electron chi connectivity index (χ1n) is 8.05. The summed E-state index contributed by atoms with van der Waals surface area (Å²) in [5.41, 5.74) is -1.00.